The minimum absolute atomic E-state index is 0.0571. The Bertz CT molecular complexity index is 3140. The van der Waals surface area contributed by atoms with Gasteiger partial charge in [-0.15, -0.1) is 11.3 Å². The van der Waals surface area contributed by atoms with E-state index in [1.165, 1.54) is 86.7 Å². The zero-order chi connectivity index (χ0) is 39.0. The average molecular weight is 762 g/mol. The Morgan fingerprint density at radius 1 is 0.500 bits per heavy atom. The molecule has 0 spiro atoms. The van der Waals surface area contributed by atoms with Crippen molar-refractivity contribution in [3.63, 3.8) is 0 Å². The lowest BCUT2D eigenvalue weighted by Gasteiger charge is -2.36. The van der Waals surface area contributed by atoms with Gasteiger partial charge >= 0.3 is 0 Å². The van der Waals surface area contributed by atoms with Crippen molar-refractivity contribution >= 4 is 64.9 Å². The molecule has 1 unspecified atom stereocenters. The summed E-state index contributed by atoms with van der Waals surface area (Å²) in [6, 6.07) is 67.5. The highest BCUT2D eigenvalue weighted by Crippen LogP contribution is 2.59. The van der Waals surface area contributed by atoms with Crippen LogP contribution in [0.1, 0.15) is 43.9 Å². The topological polar surface area (TPSA) is 3.24 Å². The van der Waals surface area contributed by atoms with E-state index in [1.807, 2.05) is 11.3 Å². The third-order valence-corrected chi connectivity index (χ3v) is 14.0. The Labute approximate surface area is 344 Å². The second kappa shape index (κ2) is 13.3. The summed E-state index contributed by atoms with van der Waals surface area (Å²) in [4.78, 5) is 2.54. The fraction of sp³-hybridized carbons (Fsp3) is 0.107. The molecule has 8 aromatic carbocycles. The normalized spacial score (nSPS) is 16.9. The molecule has 1 heterocycles. The summed E-state index contributed by atoms with van der Waals surface area (Å²) in [6.45, 7) is 7.31. The van der Waals surface area contributed by atoms with Gasteiger partial charge in [0.05, 0.1) is 11.4 Å². The largest absolute Gasteiger partial charge is 0.309 e. The van der Waals surface area contributed by atoms with Gasteiger partial charge in [0.1, 0.15) is 0 Å². The number of anilines is 3. The molecule has 0 saturated heterocycles. The molecule has 0 bridgehead atoms. The van der Waals surface area contributed by atoms with Crippen LogP contribution in [0.4, 0.5) is 17.1 Å². The first-order valence-corrected chi connectivity index (χ1v) is 21.2. The molecule has 0 N–H and O–H groups in total. The van der Waals surface area contributed by atoms with E-state index in [4.69, 9.17) is 0 Å². The van der Waals surface area contributed by atoms with Gasteiger partial charge in [0.15, 0.2) is 0 Å². The van der Waals surface area contributed by atoms with Crippen LogP contribution in [0.3, 0.4) is 0 Å². The summed E-state index contributed by atoms with van der Waals surface area (Å²) in [7, 11) is 0. The number of para-hydroxylation sites is 1. The van der Waals surface area contributed by atoms with Crippen molar-refractivity contribution in [3.8, 4) is 22.3 Å². The summed E-state index contributed by atoms with van der Waals surface area (Å²) in [5, 5.41) is 5.06. The predicted molar refractivity (Wildman–Crippen MR) is 250 cm³/mol. The van der Waals surface area contributed by atoms with Crippen LogP contribution in [0.5, 0.6) is 0 Å². The first-order valence-electron chi connectivity index (χ1n) is 20.4. The molecule has 0 aliphatic heterocycles. The van der Waals surface area contributed by atoms with Gasteiger partial charge in [-0.2, -0.15) is 0 Å². The molecule has 9 aromatic rings. The van der Waals surface area contributed by atoms with Crippen molar-refractivity contribution in [2.75, 3.05) is 4.90 Å². The molecule has 1 nitrogen and oxygen atoms in total. The van der Waals surface area contributed by atoms with Crippen LogP contribution < -0.4 is 4.90 Å². The molecule has 0 saturated carbocycles. The fourth-order valence-corrected chi connectivity index (χ4v) is 11.7. The number of hydrogen-bond donors (Lipinski definition) is 0. The van der Waals surface area contributed by atoms with Crippen LogP contribution in [0.25, 0.3) is 58.8 Å². The van der Waals surface area contributed by atoms with E-state index in [2.05, 4.69) is 220 Å². The first kappa shape index (κ1) is 34.7. The second-order valence-electron chi connectivity index (χ2n) is 16.6. The van der Waals surface area contributed by atoms with Crippen molar-refractivity contribution in [1.82, 2.24) is 0 Å². The molecule has 0 fully saturated rings. The van der Waals surface area contributed by atoms with Crippen LogP contribution >= 0.6 is 11.3 Å². The molecule has 2 aliphatic rings. The van der Waals surface area contributed by atoms with E-state index in [0.717, 1.165) is 17.8 Å². The van der Waals surface area contributed by atoms with Gasteiger partial charge in [0.2, 0.25) is 0 Å². The third-order valence-electron chi connectivity index (χ3n) is 12.9. The number of thiophene rings is 1. The molecule has 2 heteroatoms. The maximum atomic E-state index is 2.54. The molecule has 0 radical (unpaired) electrons. The van der Waals surface area contributed by atoms with Crippen molar-refractivity contribution in [2.45, 2.75) is 38.0 Å². The Kier molecular flexibility index (Phi) is 7.97. The standard InChI is InChI=1S/C56H43NS/c1-55(2)46-29-9-10-30-47(46)56(3)35-17-28-42(54(55)56)39-22-13-23-40(36-39)57(49-32-16-34-51-53(49)45-25-8-12-33-50(45)58-51)48-31-11-7-24-43(48)44-27-15-21-38-20-14-26-41(52(38)44)37-18-5-4-6-19-37/h4-34,36H,35H2,1-3H3. The molecule has 0 amide bonds. The Morgan fingerprint density at radius 3 is 2.00 bits per heavy atom. The Morgan fingerprint density at radius 2 is 1.14 bits per heavy atom. The van der Waals surface area contributed by atoms with Gasteiger partial charge in [-0.25, -0.2) is 0 Å². The summed E-state index contributed by atoms with van der Waals surface area (Å²) in [5.74, 6) is 0. The number of hydrogen-bond acceptors (Lipinski definition) is 2. The number of nitrogens with zero attached hydrogens (tertiary/aromatic N) is 1. The van der Waals surface area contributed by atoms with Crippen LogP contribution in [-0.2, 0) is 10.8 Å². The molecule has 58 heavy (non-hydrogen) atoms. The van der Waals surface area contributed by atoms with Gasteiger partial charge < -0.3 is 4.90 Å². The molecular weight excluding hydrogens is 719 g/mol. The summed E-state index contributed by atoms with van der Waals surface area (Å²) < 4.78 is 2.59. The van der Waals surface area contributed by atoms with E-state index in [0.29, 0.717) is 0 Å². The van der Waals surface area contributed by atoms with E-state index in [1.54, 1.807) is 0 Å². The maximum absolute atomic E-state index is 2.54. The summed E-state index contributed by atoms with van der Waals surface area (Å²) in [5.41, 5.74) is 15.2. The first-order chi connectivity index (χ1) is 28.4. The molecule has 278 valence electrons. The quantitative estimate of drug-likeness (QED) is 0.163. The highest BCUT2D eigenvalue weighted by Gasteiger charge is 2.50. The van der Waals surface area contributed by atoms with Gasteiger partial charge in [-0.1, -0.05) is 179 Å². The number of benzene rings is 8. The lowest BCUT2D eigenvalue weighted by atomic mass is 9.67. The second-order valence-corrected chi connectivity index (χ2v) is 17.7. The van der Waals surface area contributed by atoms with E-state index in [-0.39, 0.29) is 10.8 Å². The predicted octanol–water partition coefficient (Wildman–Crippen LogP) is 16.0. The third kappa shape index (κ3) is 5.21. The number of allylic oxidation sites excluding steroid dienone is 4. The van der Waals surface area contributed by atoms with Crippen molar-refractivity contribution in [1.29, 1.82) is 0 Å². The molecule has 1 aromatic heterocycles. The van der Waals surface area contributed by atoms with Crippen LogP contribution in [0.15, 0.2) is 200 Å². The zero-order valence-electron chi connectivity index (χ0n) is 33.0. The average Bonchev–Trinajstić information content (AvgIpc) is 3.74. The van der Waals surface area contributed by atoms with Gasteiger partial charge in [0.25, 0.3) is 0 Å². The minimum atomic E-state index is -0.0975. The van der Waals surface area contributed by atoms with Crippen molar-refractivity contribution < 1.29 is 0 Å². The maximum Gasteiger partial charge on any atom is 0.0555 e. The van der Waals surface area contributed by atoms with Gasteiger partial charge in [-0.05, 0) is 98.1 Å². The molecule has 1 atom stereocenters. The van der Waals surface area contributed by atoms with Crippen molar-refractivity contribution in [2.24, 2.45) is 0 Å². The van der Waals surface area contributed by atoms with Crippen LogP contribution in [0, 0.1) is 0 Å². The molecule has 2 aliphatic carbocycles. The monoisotopic (exact) mass is 761 g/mol. The lowest BCUT2D eigenvalue weighted by molar-refractivity contribution is 0.515. The number of rotatable bonds is 6. The van der Waals surface area contributed by atoms with Crippen LogP contribution in [0.2, 0.25) is 0 Å². The Balaban J connectivity index is 1.18. The van der Waals surface area contributed by atoms with Crippen LogP contribution in [-0.4, -0.2) is 0 Å². The Hall–Kier alpha value is -6.48. The highest BCUT2D eigenvalue weighted by atomic mass is 32.1. The summed E-state index contributed by atoms with van der Waals surface area (Å²) >= 11 is 1.87. The zero-order valence-corrected chi connectivity index (χ0v) is 33.9. The van der Waals surface area contributed by atoms with Gasteiger partial charge in [-0.3, -0.25) is 0 Å². The summed E-state index contributed by atoms with van der Waals surface area (Å²) in [6.07, 6.45) is 5.81. The fourth-order valence-electron chi connectivity index (χ4n) is 10.5. The van der Waals surface area contributed by atoms with Crippen molar-refractivity contribution in [3.05, 3.63) is 216 Å². The van der Waals surface area contributed by atoms with Gasteiger partial charge in [0, 0.05) is 42.3 Å². The van der Waals surface area contributed by atoms with E-state index < -0.39 is 0 Å². The molecule has 11 rings (SSSR count). The highest BCUT2D eigenvalue weighted by molar-refractivity contribution is 7.26. The number of fused-ring (bicyclic) bond motifs is 7. The van der Waals surface area contributed by atoms with E-state index >= 15 is 0 Å². The lowest BCUT2D eigenvalue weighted by Crippen LogP contribution is -2.29. The van der Waals surface area contributed by atoms with E-state index in [9.17, 15) is 0 Å². The SMILES string of the molecule is CC1(C)C2=C(c3cccc(N(c4ccccc4-c4cccc5cccc(-c6ccccc6)c45)c4cccc5sc6ccccc6c45)c3)C=CCC2(C)c2ccccc21. The minimum Gasteiger partial charge on any atom is -0.309 e. The smallest absolute Gasteiger partial charge is 0.0555 e. The molecular formula is C56H43NS.